The Balaban J connectivity index is 1.35. The van der Waals surface area contributed by atoms with Crippen molar-refractivity contribution in [2.24, 2.45) is 0 Å². The highest BCUT2D eigenvalue weighted by Crippen LogP contribution is 2.30. The van der Waals surface area contributed by atoms with Crippen molar-refractivity contribution in [1.29, 1.82) is 0 Å². The molecule has 3 aromatic rings. The minimum Gasteiger partial charge on any atom is -0.496 e. The van der Waals surface area contributed by atoms with E-state index in [0.29, 0.717) is 33.2 Å². The van der Waals surface area contributed by atoms with Crippen LogP contribution in [0, 0.1) is 0 Å². The van der Waals surface area contributed by atoms with Gasteiger partial charge < -0.3 is 29.0 Å². The van der Waals surface area contributed by atoms with Gasteiger partial charge in [-0.05, 0) is 18.2 Å². The molecule has 0 radical (unpaired) electrons. The van der Waals surface area contributed by atoms with E-state index in [1.165, 1.54) is 7.11 Å². The molecule has 162 valence electrons. The highest BCUT2D eigenvalue weighted by molar-refractivity contribution is 6.32. The normalized spacial score (nSPS) is 25.0. The zero-order chi connectivity index (χ0) is 21.5. The number of carbonyl (C=O) groups excluding carboxylic acids is 1. The van der Waals surface area contributed by atoms with Gasteiger partial charge in [-0.15, -0.1) is 0 Å². The van der Waals surface area contributed by atoms with E-state index in [2.05, 4.69) is 15.0 Å². The van der Waals surface area contributed by atoms with Crippen LogP contribution in [-0.4, -0.2) is 70.6 Å². The first-order chi connectivity index (χ1) is 15.0. The molecule has 9 nitrogen and oxygen atoms in total. The average Bonchev–Trinajstić information content (AvgIpc) is 3.45. The number of hydrogen-bond acceptors (Lipinski definition) is 8. The molecule has 0 amide bonds. The topological polar surface area (TPSA) is 116 Å². The van der Waals surface area contributed by atoms with Crippen molar-refractivity contribution in [3.05, 3.63) is 46.6 Å². The minimum absolute atomic E-state index is 0.00411. The van der Waals surface area contributed by atoms with E-state index < -0.39 is 18.3 Å². The number of H-pyrrole nitrogens is 1. The van der Waals surface area contributed by atoms with Crippen LogP contribution in [0.25, 0.3) is 11.2 Å². The summed E-state index contributed by atoms with van der Waals surface area (Å²) in [5.74, 6) is 0.334. The van der Waals surface area contributed by atoms with Gasteiger partial charge in [0.1, 0.15) is 24.1 Å². The van der Waals surface area contributed by atoms with Crippen molar-refractivity contribution in [2.75, 3.05) is 20.3 Å². The predicted molar refractivity (Wildman–Crippen MR) is 110 cm³/mol. The van der Waals surface area contributed by atoms with Crippen molar-refractivity contribution in [1.82, 2.24) is 15.0 Å². The third-order valence-corrected chi connectivity index (χ3v) is 5.79. The number of imidazole rings is 1. The maximum absolute atomic E-state index is 12.8. The van der Waals surface area contributed by atoms with Gasteiger partial charge in [-0.1, -0.05) is 23.7 Å². The van der Waals surface area contributed by atoms with Crippen molar-refractivity contribution in [3.63, 3.8) is 0 Å². The fourth-order valence-electron chi connectivity index (χ4n) is 3.92. The first-order valence-electron chi connectivity index (χ1n) is 9.82. The summed E-state index contributed by atoms with van der Waals surface area (Å²) >= 11 is 6.37. The van der Waals surface area contributed by atoms with Crippen molar-refractivity contribution < 1.29 is 28.8 Å². The molecule has 4 atom stereocenters. The summed E-state index contributed by atoms with van der Waals surface area (Å²) in [5.41, 5.74) is 1.83. The standard InChI is InChI=1S/C21H20ClN3O6/c1-28-16-5-3-2-4-10(16)14(26)7-12-11(22)6-13-20(23-12)25-21(24-13)31-17-9-30-18-15(27)8-29-19(17)18/h2-6,15,17-19,27H,7-9H2,1H3,(H,23,24,25)/t15-,17-,18-,19-/m1/s1. The quantitative estimate of drug-likeness (QED) is 0.553. The van der Waals surface area contributed by atoms with E-state index in [1.807, 2.05) is 0 Å². The number of aliphatic hydroxyl groups is 1. The van der Waals surface area contributed by atoms with E-state index in [-0.39, 0.29) is 37.5 Å². The molecule has 0 spiro atoms. The third-order valence-electron chi connectivity index (χ3n) is 5.46. The number of aliphatic hydroxyl groups excluding tert-OH is 1. The smallest absolute Gasteiger partial charge is 0.296 e. The molecule has 2 aromatic heterocycles. The Hall–Kier alpha value is -2.72. The van der Waals surface area contributed by atoms with Crippen LogP contribution in [0.1, 0.15) is 16.1 Å². The summed E-state index contributed by atoms with van der Waals surface area (Å²) in [7, 11) is 1.52. The number of carbonyl (C=O) groups is 1. The number of hydrogen-bond donors (Lipinski definition) is 2. The molecule has 2 fully saturated rings. The molecule has 2 aliphatic heterocycles. The Morgan fingerprint density at radius 3 is 2.90 bits per heavy atom. The Morgan fingerprint density at radius 2 is 2.06 bits per heavy atom. The molecule has 2 saturated heterocycles. The zero-order valence-corrected chi connectivity index (χ0v) is 17.3. The van der Waals surface area contributed by atoms with Crippen molar-refractivity contribution in [2.45, 2.75) is 30.8 Å². The van der Waals surface area contributed by atoms with E-state index in [1.54, 1.807) is 30.3 Å². The van der Waals surface area contributed by atoms with Crippen molar-refractivity contribution >= 4 is 28.5 Å². The number of fused-ring (bicyclic) bond motifs is 2. The predicted octanol–water partition coefficient (Wildman–Crippen LogP) is 1.95. The Morgan fingerprint density at radius 1 is 1.26 bits per heavy atom. The monoisotopic (exact) mass is 445 g/mol. The maximum atomic E-state index is 12.8. The average molecular weight is 446 g/mol. The summed E-state index contributed by atoms with van der Waals surface area (Å²) in [6.45, 7) is 0.506. The zero-order valence-electron chi connectivity index (χ0n) is 16.6. The van der Waals surface area contributed by atoms with Gasteiger partial charge >= 0.3 is 0 Å². The van der Waals surface area contributed by atoms with Crippen LogP contribution in [0.4, 0.5) is 0 Å². The maximum Gasteiger partial charge on any atom is 0.296 e. The van der Waals surface area contributed by atoms with Gasteiger partial charge in [0.2, 0.25) is 0 Å². The van der Waals surface area contributed by atoms with Gasteiger partial charge in [0.25, 0.3) is 6.01 Å². The lowest BCUT2D eigenvalue weighted by atomic mass is 10.1. The fraction of sp³-hybridized carbons (Fsp3) is 0.381. The van der Waals surface area contributed by atoms with Gasteiger partial charge in [0.05, 0.1) is 48.5 Å². The van der Waals surface area contributed by atoms with Crippen LogP contribution in [0.5, 0.6) is 11.8 Å². The van der Waals surface area contributed by atoms with Gasteiger partial charge in [-0.25, -0.2) is 4.98 Å². The van der Waals surface area contributed by atoms with Gasteiger partial charge in [-0.3, -0.25) is 4.79 Å². The Bertz CT molecular complexity index is 1140. The summed E-state index contributed by atoms with van der Waals surface area (Å²) in [6, 6.07) is 8.91. The molecule has 5 rings (SSSR count). The van der Waals surface area contributed by atoms with Crippen LogP contribution < -0.4 is 9.47 Å². The number of benzene rings is 1. The van der Waals surface area contributed by atoms with Gasteiger partial charge in [-0.2, -0.15) is 4.98 Å². The lowest BCUT2D eigenvalue weighted by Crippen LogP contribution is -2.34. The van der Waals surface area contributed by atoms with Crippen LogP contribution in [0.2, 0.25) is 5.02 Å². The minimum atomic E-state index is -0.655. The summed E-state index contributed by atoms with van der Waals surface area (Å²) in [4.78, 5) is 24.6. The molecule has 1 aromatic carbocycles. The molecule has 10 heteroatoms. The second-order valence-electron chi connectivity index (χ2n) is 7.45. The van der Waals surface area contributed by atoms with Gasteiger partial charge in [0, 0.05) is 0 Å². The summed E-state index contributed by atoms with van der Waals surface area (Å²) in [5, 5.41) is 10.2. The number of nitrogens with zero attached hydrogens (tertiary/aromatic N) is 2. The number of aromatic amines is 1. The van der Waals surface area contributed by atoms with E-state index in [4.69, 9.17) is 30.5 Å². The highest BCUT2D eigenvalue weighted by atomic mass is 35.5. The van der Waals surface area contributed by atoms with Crippen LogP contribution in [-0.2, 0) is 15.9 Å². The number of para-hydroxylation sites is 1. The molecule has 2 N–H and O–H groups in total. The van der Waals surface area contributed by atoms with Crippen LogP contribution >= 0.6 is 11.6 Å². The number of aromatic nitrogens is 3. The molecular formula is C21H20ClN3O6. The molecular weight excluding hydrogens is 426 g/mol. The largest absolute Gasteiger partial charge is 0.496 e. The lowest BCUT2D eigenvalue weighted by molar-refractivity contribution is 0.00706. The third kappa shape index (κ3) is 3.74. The Kier molecular flexibility index (Phi) is 5.27. The summed E-state index contributed by atoms with van der Waals surface area (Å²) in [6.07, 6.45) is -1.80. The number of rotatable bonds is 6. The van der Waals surface area contributed by atoms with Crippen molar-refractivity contribution in [3.8, 4) is 11.8 Å². The molecule has 0 aliphatic carbocycles. The molecule has 2 aliphatic rings. The Labute approximate surface area is 182 Å². The molecule has 4 heterocycles. The van der Waals surface area contributed by atoms with Crippen LogP contribution in [0.3, 0.4) is 0 Å². The molecule has 0 bridgehead atoms. The number of ketones is 1. The molecule has 31 heavy (non-hydrogen) atoms. The van der Waals surface area contributed by atoms with E-state index in [0.717, 1.165) is 0 Å². The second-order valence-corrected chi connectivity index (χ2v) is 7.86. The number of halogens is 1. The fourth-order valence-corrected chi connectivity index (χ4v) is 4.14. The van der Waals surface area contributed by atoms with E-state index in [9.17, 15) is 9.90 Å². The SMILES string of the molecule is COc1ccccc1C(=O)Cc1nc2nc(O[C@@H]3CO[C@H]4[C@@H]3OC[C@H]4O)[nH]c2cc1Cl. The number of Topliss-reactive ketones (excluding diaryl/α,β-unsaturated/α-hetero) is 1. The molecule has 0 saturated carbocycles. The lowest BCUT2D eigenvalue weighted by Gasteiger charge is -2.15. The van der Waals surface area contributed by atoms with E-state index >= 15 is 0 Å². The number of methoxy groups -OCH3 is 1. The van der Waals surface area contributed by atoms with Gasteiger partial charge in [0.15, 0.2) is 17.5 Å². The number of pyridine rings is 1. The highest BCUT2D eigenvalue weighted by Gasteiger charge is 2.48. The first-order valence-corrected chi connectivity index (χ1v) is 10.2. The summed E-state index contributed by atoms with van der Waals surface area (Å²) < 4.78 is 22.3. The number of nitrogens with one attached hydrogen (secondary N) is 1. The first kappa shape index (κ1) is 20.2. The second kappa shape index (κ2) is 8.08. The van der Waals surface area contributed by atoms with Crippen LogP contribution in [0.15, 0.2) is 30.3 Å². The number of ether oxygens (including phenoxy) is 4. The molecule has 0 unspecified atom stereocenters.